The summed E-state index contributed by atoms with van der Waals surface area (Å²) in [6, 6.07) is 15.0. The summed E-state index contributed by atoms with van der Waals surface area (Å²) in [7, 11) is 0. The fraction of sp³-hybridized carbons (Fsp3) is 0.294. The lowest BCUT2D eigenvalue weighted by Gasteiger charge is -2.19. The van der Waals surface area contributed by atoms with Crippen molar-refractivity contribution in [2.75, 3.05) is 5.73 Å². The second-order valence-corrected chi connectivity index (χ2v) is 7.10. The van der Waals surface area contributed by atoms with E-state index >= 15 is 0 Å². The van der Waals surface area contributed by atoms with Gasteiger partial charge in [0.2, 0.25) is 0 Å². The highest BCUT2D eigenvalue weighted by atomic mass is 32.2. The summed E-state index contributed by atoms with van der Waals surface area (Å²) in [6.45, 7) is 8.77. The van der Waals surface area contributed by atoms with E-state index in [1.54, 1.807) is 11.8 Å². The maximum Gasteiger partial charge on any atom is 0.0328 e. The predicted molar refractivity (Wildman–Crippen MR) is 84.9 cm³/mol. The molecule has 2 rings (SSSR count). The van der Waals surface area contributed by atoms with Crippen LogP contribution in [0.3, 0.4) is 0 Å². The lowest BCUT2D eigenvalue weighted by Crippen LogP contribution is -2.10. The highest BCUT2D eigenvalue weighted by Gasteiger charge is 2.12. The molecule has 0 atom stereocenters. The SMILES string of the molecule is Cc1cc(N)cc(Sc2ccc(C(C)(C)C)cc2)c1. The summed E-state index contributed by atoms with van der Waals surface area (Å²) in [5, 5.41) is 0. The van der Waals surface area contributed by atoms with E-state index in [9.17, 15) is 0 Å². The normalized spacial score (nSPS) is 11.6. The van der Waals surface area contributed by atoms with Crippen LogP contribution >= 0.6 is 11.8 Å². The lowest BCUT2D eigenvalue weighted by atomic mass is 9.87. The zero-order chi connectivity index (χ0) is 14.0. The van der Waals surface area contributed by atoms with Gasteiger partial charge >= 0.3 is 0 Å². The highest BCUT2D eigenvalue weighted by molar-refractivity contribution is 7.99. The van der Waals surface area contributed by atoms with Crippen molar-refractivity contribution in [3.8, 4) is 0 Å². The Balaban J connectivity index is 2.20. The minimum absolute atomic E-state index is 0.205. The Morgan fingerprint density at radius 3 is 2.05 bits per heavy atom. The van der Waals surface area contributed by atoms with E-state index in [0.717, 1.165) is 5.69 Å². The summed E-state index contributed by atoms with van der Waals surface area (Å²) in [6.07, 6.45) is 0. The second-order valence-electron chi connectivity index (χ2n) is 5.96. The van der Waals surface area contributed by atoms with Crippen molar-refractivity contribution in [3.63, 3.8) is 0 Å². The molecule has 0 spiro atoms. The molecule has 0 bridgehead atoms. The zero-order valence-electron chi connectivity index (χ0n) is 12.0. The summed E-state index contributed by atoms with van der Waals surface area (Å²) < 4.78 is 0. The Morgan fingerprint density at radius 2 is 1.53 bits per heavy atom. The van der Waals surface area contributed by atoms with Gasteiger partial charge < -0.3 is 5.73 Å². The third-order valence-corrected chi connectivity index (χ3v) is 4.01. The molecule has 0 fully saturated rings. The molecule has 0 saturated heterocycles. The quantitative estimate of drug-likeness (QED) is 0.776. The number of hydrogen-bond donors (Lipinski definition) is 1. The van der Waals surface area contributed by atoms with Gasteiger partial charge in [-0.25, -0.2) is 0 Å². The maximum absolute atomic E-state index is 5.88. The van der Waals surface area contributed by atoms with E-state index < -0.39 is 0 Å². The van der Waals surface area contributed by atoms with Crippen molar-refractivity contribution < 1.29 is 0 Å². The van der Waals surface area contributed by atoms with Crippen LogP contribution in [0.5, 0.6) is 0 Å². The van der Waals surface area contributed by atoms with Gasteiger partial charge in [-0.15, -0.1) is 0 Å². The first-order valence-corrected chi connectivity index (χ1v) is 7.32. The molecule has 0 unspecified atom stereocenters. The number of nitrogens with two attached hydrogens (primary N) is 1. The predicted octanol–water partition coefficient (Wildman–Crippen LogP) is 5.03. The molecule has 2 N–H and O–H groups in total. The first-order valence-electron chi connectivity index (χ1n) is 6.50. The standard InChI is InChI=1S/C17H21NS/c1-12-9-14(18)11-16(10-12)19-15-7-5-13(6-8-15)17(2,3)4/h5-11H,18H2,1-4H3. The van der Waals surface area contributed by atoms with Gasteiger partial charge in [0.05, 0.1) is 0 Å². The van der Waals surface area contributed by atoms with Gasteiger partial charge in [0.25, 0.3) is 0 Å². The Bertz CT molecular complexity index is 545. The Labute approximate surface area is 120 Å². The van der Waals surface area contributed by atoms with Gasteiger partial charge in [-0.05, 0) is 53.8 Å². The minimum Gasteiger partial charge on any atom is -0.399 e. The summed E-state index contributed by atoms with van der Waals surface area (Å²) in [5.74, 6) is 0. The van der Waals surface area contributed by atoms with Crippen molar-refractivity contribution in [2.24, 2.45) is 0 Å². The molecule has 0 aliphatic heterocycles. The van der Waals surface area contributed by atoms with Crippen LogP contribution in [0.25, 0.3) is 0 Å². The van der Waals surface area contributed by atoms with Gasteiger partial charge in [-0.2, -0.15) is 0 Å². The van der Waals surface area contributed by atoms with Crippen LogP contribution in [-0.2, 0) is 5.41 Å². The van der Waals surface area contributed by atoms with Crippen LogP contribution in [0.2, 0.25) is 0 Å². The van der Waals surface area contributed by atoms with E-state index in [0.29, 0.717) is 0 Å². The van der Waals surface area contributed by atoms with Crippen LogP contribution in [0, 0.1) is 6.92 Å². The Hall–Kier alpha value is -1.41. The molecule has 2 aromatic rings. The lowest BCUT2D eigenvalue weighted by molar-refractivity contribution is 0.590. The van der Waals surface area contributed by atoms with Crippen molar-refractivity contribution in [1.29, 1.82) is 0 Å². The van der Waals surface area contributed by atoms with Crippen molar-refractivity contribution in [2.45, 2.75) is 42.9 Å². The van der Waals surface area contributed by atoms with Gasteiger partial charge in [-0.1, -0.05) is 44.7 Å². The number of anilines is 1. The number of hydrogen-bond acceptors (Lipinski definition) is 2. The second kappa shape index (κ2) is 5.30. The van der Waals surface area contributed by atoms with Gasteiger partial charge in [0.15, 0.2) is 0 Å². The first-order chi connectivity index (χ1) is 8.84. The van der Waals surface area contributed by atoms with Gasteiger partial charge in [0, 0.05) is 15.5 Å². The molecule has 0 heterocycles. The van der Waals surface area contributed by atoms with Crippen LogP contribution in [0.15, 0.2) is 52.3 Å². The topological polar surface area (TPSA) is 26.0 Å². The van der Waals surface area contributed by atoms with E-state index in [1.807, 2.05) is 12.1 Å². The molecule has 0 aliphatic carbocycles. The number of benzene rings is 2. The van der Waals surface area contributed by atoms with E-state index in [4.69, 9.17) is 5.73 Å². The number of nitrogen functional groups attached to an aromatic ring is 1. The molecule has 0 amide bonds. The number of rotatable bonds is 2. The molecule has 0 radical (unpaired) electrons. The van der Waals surface area contributed by atoms with Crippen LogP contribution in [0.4, 0.5) is 5.69 Å². The molecule has 2 heteroatoms. The van der Waals surface area contributed by atoms with E-state index in [2.05, 4.69) is 58.0 Å². The average Bonchev–Trinajstić information content (AvgIpc) is 2.26. The van der Waals surface area contributed by atoms with Gasteiger partial charge in [-0.3, -0.25) is 0 Å². The molecule has 19 heavy (non-hydrogen) atoms. The average molecular weight is 271 g/mol. The Kier molecular flexibility index (Phi) is 3.91. The van der Waals surface area contributed by atoms with Crippen molar-refractivity contribution >= 4 is 17.4 Å². The van der Waals surface area contributed by atoms with Crippen molar-refractivity contribution in [1.82, 2.24) is 0 Å². The third-order valence-electron chi connectivity index (χ3n) is 3.03. The van der Waals surface area contributed by atoms with Gasteiger partial charge in [0.1, 0.15) is 0 Å². The monoisotopic (exact) mass is 271 g/mol. The zero-order valence-corrected chi connectivity index (χ0v) is 12.8. The summed E-state index contributed by atoms with van der Waals surface area (Å²) in [4.78, 5) is 2.44. The largest absolute Gasteiger partial charge is 0.399 e. The van der Waals surface area contributed by atoms with E-state index in [-0.39, 0.29) is 5.41 Å². The van der Waals surface area contributed by atoms with Crippen LogP contribution < -0.4 is 5.73 Å². The van der Waals surface area contributed by atoms with Crippen molar-refractivity contribution in [3.05, 3.63) is 53.6 Å². The molecule has 1 nitrogen and oxygen atoms in total. The van der Waals surface area contributed by atoms with E-state index in [1.165, 1.54) is 20.9 Å². The maximum atomic E-state index is 5.88. The fourth-order valence-corrected chi connectivity index (χ4v) is 2.98. The minimum atomic E-state index is 0.205. The fourth-order valence-electron chi connectivity index (χ4n) is 1.99. The highest BCUT2D eigenvalue weighted by Crippen LogP contribution is 2.31. The molecule has 0 saturated carbocycles. The van der Waals surface area contributed by atoms with Crippen LogP contribution in [-0.4, -0.2) is 0 Å². The smallest absolute Gasteiger partial charge is 0.0328 e. The molecular formula is C17H21NS. The molecule has 2 aromatic carbocycles. The molecule has 100 valence electrons. The third kappa shape index (κ3) is 3.77. The number of aryl methyl sites for hydroxylation is 1. The molecule has 0 aromatic heterocycles. The first kappa shape index (κ1) is 14.0. The van der Waals surface area contributed by atoms with Crippen LogP contribution in [0.1, 0.15) is 31.9 Å². The summed E-state index contributed by atoms with van der Waals surface area (Å²) in [5.41, 5.74) is 9.48. The molecule has 0 aliphatic rings. The molecular weight excluding hydrogens is 250 g/mol. The summed E-state index contributed by atoms with van der Waals surface area (Å²) >= 11 is 1.76. The Morgan fingerprint density at radius 1 is 0.895 bits per heavy atom.